The summed E-state index contributed by atoms with van der Waals surface area (Å²) >= 11 is 0. The van der Waals surface area contributed by atoms with Crippen LogP contribution in [0.25, 0.3) is 0 Å². The van der Waals surface area contributed by atoms with Crippen molar-refractivity contribution in [3.63, 3.8) is 0 Å². The van der Waals surface area contributed by atoms with Crippen LogP contribution in [0.3, 0.4) is 0 Å². The van der Waals surface area contributed by atoms with Gasteiger partial charge in [0.15, 0.2) is 23.0 Å². The van der Waals surface area contributed by atoms with Gasteiger partial charge in [-0.05, 0) is 37.1 Å². The lowest BCUT2D eigenvalue weighted by Crippen LogP contribution is -2.54. The molecule has 2 aliphatic heterocycles. The van der Waals surface area contributed by atoms with E-state index in [1.54, 1.807) is 0 Å². The molecule has 0 unspecified atom stereocenters. The van der Waals surface area contributed by atoms with E-state index in [-0.39, 0.29) is 58.8 Å². The second kappa shape index (κ2) is 7.82. The molecule has 0 saturated heterocycles. The lowest BCUT2D eigenvalue weighted by Gasteiger charge is -2.27. The molecule has 1 spiro atoms. The van der Waals surface area contributed by atoms with Crippen LogP contribution < -0.4 is 18.6 Å². The fraction of sp³-hybridized carbons (Fsp3) is 0.300. The third-order valence-corrected chi connectivity index (χ3v) is 4.48. The number of hydrogen-bond donors (Lipinski definition) is 2. The summed E-state index contributed by atoms with van der Waals surface area (Å²) < 4.78 is 32.5. The molecule has 31 heavy (non-hydrogen) atoms. The average Bonchev–Trinajstić information content (AvgIpc) is 3.29. The normalized spacial score (nSPS) is 14.5. The molecule has 2 aliphatic rings. The second-order valence-electron chi connectivity index (χ2n) is 6.97. The standard InChI is InChI=1S/C20H20BO10/c1-3-5-26-19(24)11-7-13(22)17-15(9-11)28-21(30-17)29-16-10-12(20(25)27-6-4-2)8-14(23)18(16)31-21/h7-10,22-23H,3-6H2,1-2H3/q-1. The van der Waals surface area contributed by atoms with Gasteiger partial charge < -0.3 is 38.3 Å². The van der Waals surface area contributed by atoms with Crippen molar-refractivity contribution in [2.75, 3.05) is 13.2 Å². The lowest BCUT2D eigenvalue weighted by atomic mass is 10.1. The Hall–Kier alpha value is -3.76. The Bertz CT molecular complexity index is 967. The van der Waals surface area contributed by atoms with Crippen LogP contribution in [0.5, 0.6) is 34.5 Å². The van der Waals surface area contributed by atoms with Gasteiger partial charge >= 0.3 is 18.9 Å². The Morgan fingerprint density at radius 3 is 1.58 bits per heavy atom. The number of ether oxygens (including phenoxy) is 2. The SMILES string of the molecule is CCCOC(=O)c1cc(O)c2c(c1)O[B-]1(Oc3cc(C(=O)OCCC)cc(O)c3O1)O2. The maximum absolute atomic E-state index is 12.1. The summed E-state index contributed by atoms with van der Waals surface area (Å²) in [6, 6.07) is 5.01. The minimum atomic E-state index is -2.97. The number of rotatable bonds is 6. The first kappa shape index (κ1) is 20.5. The average molecular weight is 431 g/mol. The quantitative estimate of drug-likeness (QED) is 0.520. The fourth-order valence-corrected chi connectivity index (χ4v) is 3.12. The molecular weight excluding hydrogens is 411 g/mol. The summed E-state index contributed by atoms with van der Waals surface area (Å²) in [6.07, 6.45) is 1.29. The van der Waals surface area contributed by atoms with Gasteiger partial charge in [0.2, 0.25) is 0 Å². The molecule has 2 aromatic rings. The van der Waals surface area contributed by atoms with Gasteiger partial charge in [-0.2, -0.15) is 0 Å². The van der Waals surface area contributed by atoms with Gasteiger partial charge in [0, 0.05) is 0 Å². The van der Waals surface area contributed by atoms with Crippen molar-refractivity contribution in [2.45, 2.75) is 26.7 Å². The number of hydrogen-bond acceptors (Lipinski definition) is 10. The van der Waals surface area contributed by atoms with E-state index in [1.165, 1.54) is 24.3 Å². The number of fused-ring (bicyclic) bond motifs is 2. The highest BCUT2D eigenvalue weighted by Gasteiger charge is 2.53. The van der Waals surface area contributed by atoms with Crippen LogP contribution in [-0.2, 0) is 9.47 Å². The molecule has 2 N–H and O–H groups in total. The van der Waals surface area contributed by atoms with E-state index in [2.05, 4.69) is 0 Å². The zero-order valence-electron chi connectivity index (χ0n) is 16.9. The zero-order valence-corrected chi connectivity index (χ0v) is 16.9. The molecular formula is C20H20BO10-. The first-order valence-corrected chi connectivity index (χ1v) is 9.82. The summed E-state index contributed by atoms with van der Waals surface area (Å²) in [5.74, 6) is -2.23. The highest BCUT2D eigenvalue weighted by Crippen LogP contribution is 2.51. The number of benzene rings is 2. The smallest absolute Gasteiger partial charge is 0.609 e. The number of carbonyl (C=O) groups is 2. The van der Waals surface area contributed by atoms with E-state index in [0.29, 0.717) is 12.8 Å². The zero-order chi connectivity index (χ0) is 22.2. The molecule has 2 aromatic carbocycles. The number of carbonyl (C=O) groups excluding carboxylic acids is 2. The van der Waals surface area contributed by atoms with Crippen LogP contribution in [-0.4, -0.2) is 42.3 Å². The van der Waals surface area contributed by atoms with E-state index in [9.17, 15) is 19.8 Å². The summed E-state index contributed by atoms with van der Waals surface area (Å²) in [5.41, 5.74) is 0.112. The van der Waals surface area contributed by atoms with E-state index in [1.807, 2.05) is 13.8 Å². The maximum atomic E-state index is 12.1. The van der Waals surface area contributed by atoms with Crippen molar-refractivity contribution in [1.29, 1.82) is 0 Å². The van der Waals surface area contributed by atoms with Gasteiger partial charge in [0.05, 0.1) is 24.3 Å². The monoisotopic (exact) mass is 431 g/mol. The molecule has 4 rings (SSSR count). The third-order valence-electron chi connectivity index (χ3n) is 4.48. The number of esters is 2. The molecule has 0 aliphatic carbocycles. The van der Waals surface area contributed by atoms with E-state index in [4.69, 9.17) is 28.1 Å². The second-order valence-corrected chi connectivity index (χ2v) is 6.97. The van der Waals surface area contributed by atoms with Crippen LogP contribution in [0.2, 0.25) is 0 Å². The van der Waals surface area contributed by atoms with Gasteiger partial charge in [0.1, 0.15) is 11.5 Å². The molecule has 0 atom stereocenters. The van der Waals surface area contributed by atoms with Crippen molar-refractivity contribution in [1.82, 2.24) is 0 Å². The third kappa shape index (κ3) is 3.74. The van der Waals surface area contributed by atoms with Crippen molar-refractivity contribution in [2.24, 2.45) is 0 Å². The molecule has 0 aromatic heterocycles. The van der Waals surface area contributed by atoms with E-state index >= 15 is 0 Å². The molecule has 0 bridgehead atoms. The summed E-state index contributed by atoms with van der Waals surface area (Å²) in [5, 5.41) is 20.6. The minimum absolute atomic E-state index is 0.00155. The van der Waals surface area contributed by atoms with Gasteiger partial charge in [-0.3, -0.25) is 0 Å². The molecule has 0 amide bonds. The topological polar surface area (TPSA) is 130 Å². The summed E-state index contributed by atoms with van der Waals surface area (Å²) in [4.78, 5) is 24.2. The van der Waals surface area contributed by atoms with Crippen LogP contribution in [0.4, 0.5) is 0 Å². The molecule has 0 radical (unpaired) electrons. The van der Waals surface area contributed by atoms with Crippen molar-refractivity contribution in [3.8, 4) is 34.5 Å². The van der Waals surface area contributed by atoms with E-state index in [0.717, 1.165) is 0 Å². The first-order chi connectivity index (χ1) is 14.9. The Kier molecular flexibility index (Phi) is 5.18. The molecule has 164 valence electrons. The van der Waals surface area contributed by atoms with Crippen LogP contribution in [0, 0.1) is 0 Å². The fourth-order valence-electron chi connectivity index (χ4n) is 3.12. The predicted molar refractivity (Wildman–Crippen MR) is 106 cm³/mol. The molecule has 11 heteroatoms. The number of aromatic hydroxyl groups is 2. The minimum Gasteiger partial charge on any atom is -0.609 e. The molecule has 2 heterocycles. The lowest BCUT2D eigenvalue weighted by molar-refractivity contribution is 0.0495. The Labute approximate surface area is 177 Å². The van der Waals surface area contributed by atoms with Crippen molar-refractivity contribution < 1.29 is 47.9 Å². The Balaban J connectivity index is 1.57. The Morgan fingerprint density at radius 1 is 0.774 bits per heavy atom. The number of phenolic OH excluding ortho intramolecular Hbond substituents is 2. The van der Waals surface area contributed by atoms with Gasteiger partial charge in [-0.15, -0.1) is 0 Å². The molecule has 10 nitrogen and oxygen atoms in total. The first-order valence-electron chi connectivity index (χ1n) is 9.82. The van der Waals surface area contributed by atoms with Crippen LogP contribution >= 0.6 is 0 Å². The van der Waals surface area contributed by atoms with Gasteiger partial charge in [-0.25, -0.2) is 9.59 Å². The summed E-state index contributed by atoms with van der Waals surface area (Å²) in [7, 11) is 0. The summed E-state index contributed by atoms with van der Waals surface area (Å²) in [6.45, 7) is 1.20. The maximum Gasteiger partial charge on any atom is 0.777 e. The van der Waals surface area contributed by atoms with E-state index < -0.39 is 18.9 Å². The van der Waals surface area contributed by atoms with Crippen molar-refractivity contribution in [3.05, 3.63) is 35.4 Å². The molecule has 0 fully saturated rings. The number of phenols is 2. The predicted octanol–water partition coefficient (Wildman–Crippen LogP) is 2.91. The van der Waals surface area contributed by atoms with Gasteiger partial charge in [-0.1, -0.05) is 13.8 Å². The van der Waals surface area contributed by atoms with Crippen molar-refractivity contribution >= 4 is 18.9 Å². The highest BCUT2D eigenvalue weighted by molar-refractivity contribution is 6.59. The van der Waals surface area contributed by atoms with Gasteiger partial charge in [0.25, 0.3) is 0 Å². The van der Waals surface area contributed by atoms with Crippen LogP contribution in [0.1, 0.15) is 47.4 Å². The highest BCUT2D eigenvalue weighted by atomic mass is 16.9. The Morgan fingerprint density at radius 2 is 1.19 bits per heavy atom. The van der Waals surface area contributed by atoms with Crippen LogP contribution in [0.15, 0.2) is 24.3 Å². The largest absolute Gasteiger partial charge is 0.777 e. The molecule has 0 saturated carbocycles.